The Bertz CT molecular complexity index is 585. The number of carbonyl (C=O) groups is 3. The lowest BCUT2D eigenvalue weighted by molar-refractivity contribution is -0.139. The maximum Gasteiger partial charge on any atom is 0.326 e. The maximum absolute atomic E-state index is 12.1. The van der Waals surface area contributed by atoms with Crippen molar-refractivity contribution in [2.45, 2.75) is 38.8 Å². The molecule has 1 aromatic rings. The van der Waals surface area contributed by atoms with Crippen molar-refractivity contribution in [2.75, 3.05) is 6.54 Å². The summed E-state index contributed by atoms with van der Waals surface area (Å²) in [6.45, 7) is 2.93. The zero-order valence-corrected chi connectivity index (χ0v) is 12.5. The molecule has 0 unspecified atom stereocenters. The van der Waals surface area contributed by atoms with E-state index in [-0.39, 0.29) is 5.91 Å². The van der Waals surface area contributed by atoms with Gasteiger partial charge in [0.25, 0.3) is 5.91 Å². The second kappa shape index (κ2) is 7.06. The lowest BCUT2D eigenvalue weighted by atomic mass is 10.1. The molecule has 2 rings (SSSR count). The number of rotatable bonds is 6. The van der Waals surface area contributed by atoms with Crippen LogP contribution in [-0.4, -0.2) is 40.4 Å². The molecule has 0 aromatic heterocycles. The zero-order chi connectivity index (χ0) is 16.1. The van der Waals surface area contributed by atoms with Gasteiger partial charge in [0.15, 0.2) is 0 Å². The normalized spacial score (nSPS) is 15.7. The van der Waals surface area contributed by atoms with E-state index in [0.717, 1.165) is 18.5 Å². The lowest BCUT2D eigenvalue weighted by Crippen LogP contribution is -2.40. The Hall–Kier alpha value is -2.37. The van der Waals surface area contributed by atoms with Gasteiger partial charge >= 0.3 is 5.97 Å². The third-order valence-electron chi connectivity index (χ3n) is 3.75. The number of nitrogens with one attached hydrogen (secondary N) is 1. The van der Waals surface area contributed by atoms with Crippen LogP contribution < -0.4 is 5.32 Å². The van der Waals surface area contributed by atoms with Crippen molar-refractivity contribution in [1.29, 1.82) is 0 Å². The van der Waals surface area contributed by atoms with Crippen LogP contribution in [0.15, 0.2) is 24.3 Å². The largest absolute Gasteiger partial charge is 0.480 e. The topological polar surface area (TPSA) is 86.7 Å². The molecule has 0 aliphatic carbocycles. The minimum Gasteiger partial charge on any atom is -0.480 e. The van der Waals surface area contributed by atoms with Gasteiger partial charge in [-0.25, -0.2) is 4.79 Å². The van der Waals surface area contributed by atoms with E-state index < -0.39 is 17.9 Å². The number of nitrogens with zero attached hydrogens (tertiary/aromatic N) is 1. The summed E-state index contributed by atoms with van der Waals surface area (Å²) in [6.07, 6.45) is 1.77. The SMILES string of the molecule is CC[C@@H](NC(=O)c1cccc(CN2CCCC2=O)c1)C(=O)O. The molecule has 1 saturated heterocycles. The molecule has 118 valence electrons. The molecular weight excluding hydrogens is 284 g/mol. The van der Waals surface area contributed by atoms with Crippen molar-refractivity contribution in [3.8, 4) is 0 Å². The molecule has 6 nitrogen and oxygen atoms in total. The van der Waals surface area contributed by atoms with Gasteiger partial charge in [0, 0.05) is 25.1 Å². The molecule has 6 heteroatoms. The molecule has 1 aliphatic heterocycles. The van der Waals surface area contributed by atoms with E-state index in [4.69, 9.17) is 5.11 Å². The standard InChI is InChI=1S/C16H20N2O4/c1-2-13(16(21)22)17-15(20)12-6-3-5-11(9-12)10-18-8-4-7-14(18)19/h3,5-6,9,13H,2,4,7-8,10H2,1H3,(H,17,20)(H,21,22)/t13-/m1/s1. The van der Waals surface area contributed by atoms with Gasteiger partial charge in [-0.3, -0.25) is 9.59 Å². The van der Waals surface area contributed by atoms with Gasteiger partial charge in [-0.1, -0.05) is 19.1 Å². The molecule has 1 aromatic carbocycles. The van der Waals surface area contributed by atoms with Gasteiger partial charge in [-0.15, -0.1) is 0 Å². The van der Waals surface area contributed by atoms with Crippen molar-refractivity contribution in [3.05, 3.63) is 35.4 Å². The first-order valence-electron chi connectivity index (χ1n) is 7.41. The van der Waals surface area contributed by atoms with Crippen molar-refractivity contribution in [2.24, 2.45) is 0 Å². The van der Waals surface area contributed by atoms with Gasteiger partial charge in [0.1, 0.15) is 6.04 Å². The van der Waals surface area contributed by atoms with Crippen LogP contribution in [0.25, 0.3) is 0 Å². The summed E-state index contributed by atoms with van der Waals surface area (Å²) < 4.78 is 0. The number of aliphatic carboxylic acids is 1. The first-order chi connectivity index (χ1) is 10.5. The highest BCUT2D eigenvalue weighted by Crippen LogP contribution is 2.15. The van der Waals surface area contributed by atoms with Crippen LogP contribution in [-0.2, 0) is 16.1 Å². The predicted octanol–water partition coefficient (Wildman–Crippen LogP) is 1.40. The van der Waals surface area contributed by atoms with Crippen LogP contribution in [0.1, 0.15) is 42.1 Å². The number of likely N-dealkylation sites (tertiary alicyclic amines) is 1. The quantitative estimate of drug-likeness (QED) is 0.831. The maximum atomic E-state index is 12.1. The smallest absolute Gasteiger partial charge is 0.326 e. The number of hydrogen-bond donors (Lipinski definition) is 2. The van der Waals surface area contributed by atoms with E-state index in [2.05, 4.69) is 5.32 Å². The number of carbonyl (C=O) groups excluding carboxylic acids is 2. The number of carboxylic acid groups (broad SMARTS) is 1. The van der Waals surface area contributed by atoms with E-state index in [1.165, 1.54) is 0 Å². The summed E-state index contributed by atoms with van der Waals surface area (Å²) in [5.74, 6) is -1.33. The highest BCUT2D eigenvalue weighted by Gasteiger charge is 2.21. The molecule has 1 atom stereocenters. The van der Waals surface area contributed by atoms with Crippen molar-refractivity contribution >= 4 is 17.8 Å². The number of benzene rings is 1. The van der Waals surface area contributed by atoms with Crippen LogP contribution in [0.2, 0.25) is 0 Å². The first-order valence-corrected chi connectivity index (χ1v) is 7.41. The van der Waals surface area contributed by atoms with E-state index in [1.54, 1.807) is 30.0 Å². The van der Waals surface area contributed by atoms with Crippen LogP contribution in [0, 0.1) is 0 Å². The summed E-state index contributed by atoms with van der Waals surface area (Å²) in [5.41, 5.74) is 1.27. The summed E-state index contributed by atoms with van der Waals surface area (Å²) in [7, 11) is 0. The molecular formula is C16H20N2O4. The van der Waals surface area contributed by atoms with Crippen LogP contribution >= 0.6 is 0 Å². The average Bonchev–Trinajstić information content (AvgIpc) is 2.89. The molecule has 2 amide bonds. The van der Waals surface area contributed by atoms with Crippen molar-refractivity contribution in [3.63, 3.8) is 0 Å². The third-order valence-corrected chi connectivity index (χ3v) is 3.75. The Balaban J connectivity index is 2.05. The summed E-state index contributed by atoms with van der Waals surface area (Å²) in [6, 6.07) is 6.05. The minimum absolute atomic E-state index is 0.131. The second-order valence-corrected chi connectivity index (χ2v) is 5.39. The fourth-order valence-electron chi connectivity index (χ4n) is 2.48. The Morgan fingerprint density at radius 3 is 2.77 bits per heavy atom. The Morgan fingerprint density at radius 1 is 1.41 bits per heavy atom. The summed E-state index contributed by atoms with van der Waals surface area (Å²) in [4.78, 5) is 36.5. The zero-order valence-electron chi connectivity index (χ0n) is 12.5. The molecule has 0 saturated carbocycles. The Morgan fingerprint density at radius 2 is 2.18 bits per heavy atom. The van der Waals surface area contributed by atoms with Gasteiger partial charge in [-0.05, 0) is 30.5 Å². The van der Waals surface area contributed by atoms with E-state index >= 15 is 0 Å². The molecule has 0 radical (unpaired) electrons. The highest BCUT2D eigenvalue weighted by molar-refractivity contribution is 5.96. The Kier molecular flexibility index (Phi) is 5.14. The molecule has 1 heterocycles. The van der Waals surface area contributed by atoms with Gasteiger partial charge in [-0.2, -0.15) is 0 Å². The molecule has 2 N–H and O–H groups in total. The van der Waals surface area contributed by atoms with Gasteiger partial charge in [0.2, 0.25) is 5.91 Å². The number of hydrogen-bond acceptors (Lipinski definition) is 3. The molecule has 1 fully saturated rings. The predicted molar refractivity (Wildman–Crippen MR) is 80.3 cm³/mol. The first kappa shape index (κ1) is 16.0. The monoisotopic (exact) mass is 304 g/mol. The average molecular weight is 304 g/mol. The van der Waals surface area contributed by atoms with Crippen LogP contribution in [0.4, 0.5) is 0 Å². The molecule has 1 aliphatic rings. The van der Waals surface area contributed by atoms with E-state index in [0.29, 0.717) is 24.9 Å². The van der Waals surface area contributed by atoms with Gasteiger partial charge < -0.3 is 15.3 Å². The van der Waals surface area contributed by atoms with Crippen LogP contribution in [0.3, 0.4) is 0 Å². The molecule has 0 bridgehead atoms. The van der Waals surface area contributed by atoms with Gasteiger partial charge in [0.05, 0.1) is 0 Å². The van der Waals surface area contributed by atoms with E-state index in [1.807, 2.05) is 6.07 Å². The lowest BCUT2D eigenvalue weighted by Gasteiger charge is -2.16. The highest BCUT2D eigenvalue weighted by atomic mass is 16.4. The Labute approximate surface area is 129 Å². The van der Waals surface area contributed by atoms with Crippen molar-refractivity contribution < 1.29 is 19.5 Å². The third kappa shape index (κ3) is 3.84. The fourth-order valence-corrected chi connectivity index (χ4v) is 2.48. The molecule has 0 spiro atoms. The van der Waals surface area contributed by atoms with Crippen LogP contribution in [0.5, 0.6) is 0 Å². The number of carboxylic acids is 1. The minimum atomic E-state index is -1.05. The second-order valence-electron chi connectivity index (χ2n) is 5.39. The number of amides is 2. The summed E-state index contributed by atoms with van der Waals surface area (Å²) >= 11 is 0. The van der Waals surface area contributed by atoms with Crippen molar-refractivity contribution in [1.82, 2.24) is 10.2 Å². The fraction of sp³-hybridized carbons (Fsp3) is 0.438. The van der Waals surface area contributed by atoms with E-state index in [9.17, 15) is 14.4 Å². The summed E-state index contributed by atoms with van der Waals surface area (Å²) in [5, 5.41) is 11.5. The molecule has 22 heavy (non-hydrogen) atoms.